The molecule has 0 fully saturated rings. The molecule has 0 heterocycles. The fraction of sp³-hybridized carbons (Fsp3) is 0.806. The minimum atomic E-state index is -0.972. The van der Waals surface area contributed by atoms with Crippen molar-refractivity contribution < 1.29 is 29.4 Å². The largest absolute Gasteiger partial charge is 0.481 e. The fourth-order valence-electron chi connectivity index (χ4n) is 4.22. The number of nitrogens with one attached hydrogen (secondary N) is 2. The van der Waals surface area contributed by atoms with Crippen LogP contribution in [0.15, 0.2) is 17.3 Å². The minimum Gasteiger partial charge on any atom is -0.481 e. The second-order valence-electron chi connectivity index (χ2n) is 10.7. The van der Waals surface area contributed by atoms with Gasteiger partial charge in [-0.25, -0.2) is 0 Å². The zero-order valence-electron chi connectivity index (χ0n) is 25.4. The summed E-state index contributed by atoms with van der Waals surface area (Å²) in [6.45, 7) is 5.68. The Labute approximate surface area is 242 Å². The molecule has 0 aromatic heterocycles. The number of rotatable bonds is 27. The Morgan fingerprint density at radius 2 is 1.38 bits per heavy atom. The lowest BCUT2D eigenvalue weighted by Gasteiger charge is -2.18. The van der Waals surface area contributed by atoms with E-state index in [1.165, 1.54) is 70.4 Å². The topological polar surface area (TPSA) is 137 Å². The number of carboxylic acids is 1. The van der Waals surface area contributed by atoms with Crippen molar-refractivity contribution in [3.8, 4) is 0 Å². The normalized spacial score (nSPS) is 13.8. The van der Waals surface area contributed by atoms with E-state index < -0.39 is 24.0 Å². The molecule has 9 nitrogen and oxygen atoms in total. The molecule has 3 atom stereocenters. The number of carboxylic acid groups (broad SMARTS) is 1. The quantitative estimate of drug-likeness (QED) is 0.0413. The van der Waals surface area contributed by atoms with E-state index in [0.29, 0.717) is 12.8 Å². The van der Waals surface area contributed by atoms with Gasteiger partial charge >= 0.3 is 5.97 Å². The van der Waals surface area contributed by atoms with E-state index in [0.717, 1.165) is 32.1 Å². The van der Waals surface area contributed by atoms with Crippen LogP contribution in [-0.2, 0) is 19.2 Å². The Kier molecular flexibility index (Phi) is 25.2. The van der Waals surface area contributed by atoms with Crippen LogP contribution in [0, 0.1) is 0 Å². The van der Waals surface area contributed by atoms with Crippen LogP contribution < -0.4 is 10.6 Å². The van der Waals surface area contributed by atoms with Crippen molar-refractivity contribution >= 4 is 24.0 Å². The molecule has 0 rings (SSSR count). The Morgan fingerprint density at radius 1 is 0.800 bits per heavy atom. The van der Waals surface area contributed by atoms with Crippen molar-refractivity contribution in [2.75, 3.05) is 6.61 Å². The first-order chi connectivity index (χ1) is 19.3. The maximum Gasteiger partial charge on any atom is 0.303 e. The molecular weight excluding hydrogens is 510 g/mol. The molecule has 4 N–H and O–H groups in total. The van der Waals surface area contributed by atoms with E-state index >= 15 is 0 Å². The van der Waals surface area contributed by atoms with Crippen LogP contribution in [0.2, 0.25) is 0 Å². The Hall–Kier alpha value is -2.42. The molecule has 0 aliphatic rings. The Balaban J connectivity index is 4.47. The third-order valence-corrected chi connectivity index (χ3v) is 6.70. The van der Waals surface area contributed by atoms with Crippen LogP contribution in [-0.4, -0.2) is 59.0 Å². The number of amides is 2. The number of hydrogen-bond acceptors (Lipinski definition) is 6. The highest BCUT2D eigenvalue weighted by molar-refractivity contribution is 5.81. The zero-order chi connectivity index (χ0) is 29.8. The molecular formula is C31H57N3O6. The summed E-state index contributed by atoms with van der Waals surface area (Å²) in [5.74, 6) is -1.52. The highest BCUT2D eigenvalue weighted by Crippen LogP contribution is 2.12. The number of aliphatic hydroxyl groups excluding tert-OH is 1. The number of carbonyl (C=O) groups excluding carboxylic acids is 2. The first-order valence-electron chi connectivity index (χ1n) is 15.6. The molecule has 0 radical (unpaired) electrons. The van der Waals surface area contributed by atoms with Gasteiger partial charge in [0.15, 0.2) is 6.61 Å². The molecule has 9 heteroatoms. The Morgan fingerprint density at radius 3 is 1.98 bits per heavy atom. The number of allylic oxidation sites excluding steroid dienone is 1. The van der Waals surface area contributed by atoms with Gasteiger partial charge < -0.3 is 25.7 Å². The fourth-order valence-corrected chi connectivity index (χ4v) is 4.22. The maximum absolute atomic E-state index is 12.3. The highest BCUT2D eigenvalue weighted by Gasteiger charge is 2.18. The van der Waals surface area contributed by atoms with Crippen LogP contribution >= 0.6 is 0 Å². The first-order valence-corrected chi connectivity index (χ1v) is 15.6. The second kappa shape index (κ2) is 26.8. The summed E-state index contributed by atoms with van der Waals surface area (Å²) in [7, 11) is 0. The van der Waals surface area contributed by atoms with Gasteiger partial charge in [0.1, 0.15) is 0 Å². The van der Waals surface area contributed by atoms with Crippen molar-refractivity contribution in [3.05, 3.63) is 12.2 Å². The smallest absolute Gasteiger partial charge is 0.303 e. The molecule has 0 aliphatic heterocycles. The number of aliphatic hydroxyl groups is 1. The second-order valence-corrected chi connectivity index (χ2v) is 10.7. The van der Waals surface area contributed by atoms with Gasteiger partial charge in [0.2, 0.25) is 5.91 Å². The number of unbranched alkanes of at least 4 members (excludes halogenated alkanes) is 13. The number of carbonyl (C=O) groups is 3. The van der Waals surface area contributed by atoms with Gasteiger partial charge in [-0.1, -0.05) is 108 Å². The van der Waals surface area contributed by atoms with E-state index in [9.17, 15) is 19.5 Å². The highest BCUT2D eigenvalue weighted by atomic mass is 16.6. The lowest BCUT2D eigenvalue weighted by molar-refractivity contribution is -0.137. The summed E-state index contributed by atoms with van der Waals surface area (Å²) < 4.78 is 0. The molecule has 232 valence electrons. The van der Waals surface area contributed by atoms with Gasteiger partial charge in [0, 0.05) is 18.9 Å². The molecule has 0 saturated carbocycles. The van der Waals surface area contributed by atoms with E-state index in [2.05, 4.69) is 29.6 Å². The number of aliphatic carboxylic acids is 1. The van der Waals surface area contributed by atoms with Crippen molar-refractivity contribution in [2.24, 2.45) is 5.16 Å². The van der Waals surface area contributed by atoms with E-state index in [-0.39, 0.29) is 25.0 Å². The van der Waals surface area contributed by atoms with Crippen molar-refractivity contribution in [3.63, 3.8) is 0 Å². The summed E-state index contributed by atoms with van der Waals surface area (Å²) in [5.41, 5.74) is 0. The van der Waals surface area contributed by atoms with Crippen molar-refractivity contribution in [2.45, 2.75) is 155 Å². The lowest BCUT2D eigenvalue weighted by atomic mass is 10.0. The van der Waals surface area contributed by atoms with Gasteiger partial charge in [0.25, 0.3) is 5.91 Å². The van der Waals surface area contributed by atoms with Crippen LogP contribution in [0.1, 0.15) is 136 Å². The molecule has 40 heavy (non-hydrogen) atoms. The molecule has 0 aromatic carbocycles. The van der Waals surface area contributed by atoms with Crippen LogP contribution in [0.5, 0.6) is 0 Å². The number of hydrogen-bond donors (Lipinski definition) is 4. The van der Waals surface area contributed by atoms with Gasteiger partial charge in [-0.3, -0.25) is 14.4 Å². The standard InChI is InChI=1S/C31H57N3O6/c1-4-6-8-9-10-11-12-13-14-15-16-17-19-20-28(35)27(34-29(36)21-18-7-5-2)24-32-40-25-30(37)33-26(3)22-23-31(38)39/h19-20,24,26-28,35H,4-18,21-23,25H2,1-3H3,(H,33,37)(H,34,36)(H,38,39)/b20-19+,32-24-. The lowest BCUT2D eigenvalue weighted by Crippen LogP contribution is -2.43. The van der Waals surface area contributed by atoms with Gasteiger partial charge in [-0.15, -0.1) is 0 Å². The zero-order valence-corrected chi connectivity index (χ0v) is 25.4. The van der Waals surface area contributed by atoms with Gasteiger partial charge in [-0.2, -0.15) is 0 Å². The monoisotopic (exact) mass is 567 g/mol. The van der Waals surface area contributed by atoms with E-state index in [1.54, 1.807) is 13.0 Å². The maximum atomic E-state index is 12.3. The average Bonchev–Trinajstić information content (AvgIpc) is 2.91. The molecule has 2 amide bonds. The minimum absolute atomic E-state index is 0.0370. The first kappa shape index (κ1) is 37.6. The SMILES string of the molecule is CCCCCCCCCCCCC/C=C/C(O)C(/C=N\OCC(=O)NC(C)CCC(=O)O)NC(=O)CCCCC. The summed E-state index contributed by atoms with van der Waals surface area (Å²) in [5, 5.41) is 28.6. The third kappa shape index (κ3) is 24.6. The number of oxime groups is 1. The predicted octanol–water partition coefficient (Wildman–Crippen LogP) is 6.04. The third-order valence-electron chi connectivity index (χ3n) is 6.70. The molecule has 0 aromatic rings. The van der Waals surface area contributed by atoms with Crippen molar-refractivity contribution in [1.29, 1.82) is 0 Å². The molecule has 0 aliphatic carbocycles. The molecule has 0 bridgehead atoms. The molecule has 0 saturated heterocycles. The molecule has 3 unspecified atom stereocenters. The Bertz CT molecular complexity index is 713. The number of nitrogens with zero attached hydrogens (tertiary/aromatic N) is 1. The van der Waals surface area contributed by atoms with Gasteiger partial charge in [0.05, 0.1) is 18.4 Å². The summed E-state index contributed by atoms with van der Waals surface area (Å²) in [4.78, 5) is 40.0. The van der Waals surface area contributed by atoms with Crippen LogP contribution in [0.4, 0.5) is 0 Å². The average molecular weight is 568 g/mol. The molecule has 0 spiro atoms. The predicted molar refractivity (Wildman–Crippen MR) is 161 cm³/mol. The van der Waals surface area contributed by atoms with Gasteiger partial charge in [-0.05, 0) is 32.6 Å². The summed E-state index contributed by atoms with van der Waals surface area (Å²) in [6, 6.07) is -1.08. The van der Waals surface area contributed by atoms with Crippen LogP contribution in [0.25, 0.3) is 0 Å². The van der Waals surface area contributed by atoms with Crippen LogP contribution in [0.3, 0.4) is 0 Å². The summed E-state index contributed by atoms with van der Waals surface area (Å²) >= 11 is 0. The summed E-state index contributed by atoms with van der Waals surface area (Å²) in [6.07, 6.45) is 22.3. The van der Waals surface area contributed by atoms with Crippen molar-refractivity contribution in [1.82, 2.24) is 10.6 Å². The van der Waals surface area contributed by atoms with E-state index in [1.807, 2.05) is 6.08 Å². The van der Waals surface area contributed by atoms with E-state index in [4.69, 9.17) is 9.94 Å².